The predicted molar refractivity (Wildman–Crippen MR) is 163 cm³/mol. The molecule has 2 bridgehead atoms. The highest BCUT2D eigenvalue weighted by Crippen LogP contribution is 2.44. The summed E-state index contributed by atoms with van der Waals surface area (Å²) in [5, 5.41) is 0.788. The van der Waals surface area contributed by atoms with E-state index in [4.69, 9.17) is 27.1 Å². The zero-order chi connectivity index (χ0) is 29.6. The number of nitrogens with zero attached hydrogens (tertiary/aromatic N) is 6. The van der Waals surface area contributed by atoms with Gasteiger partial charge in [0.15, 0.2) is 10.9 Å². The number of piperazine rings is 1. The summed E-state index contributed by atoms with van der Waals surface area (Å²) in [6, 6.07) is 5.18. The van der Waals surface area contributed by atoms with Crippen molar-refractivity contribution in [1.82, 2.24) is 24.8 Å². The molecule has 2 aromatic carbocycles. The van der Waals surface area contributed by atoms with Gasteiger partial charge in [-0.25, -0.2) is 18.2 Å². The number of hydrogen-bond acceptors (Lipinski definition) is 9. The molecule has 4 atom stereocenters. The summed E-state index contributed by atoms with van der Waals surface area (Å²) in [4.78, 5) is 20.5. The van der Waals surface area contributed by atoms with Crippen LogP contribution in [0.2, 0.25) is 5.02 Å². The smallest absolute Gasteiger partial charge is 0.319 e. The Morgan fingerprint density at radius 1 is 1.12 bits per heavy atom. The topological polar surface area (TPSA) is 83.6 Å². The van der Waals surface area contributed by atoms with Crippen molar-refractivity contribution >= 4 is 55.0 Å². The third-order valence-electron chi connectivity index (χ3n) is 10.0. The minimum absolute atomic E-state index is 0.0478. The second-order valence-electron chi connectivity index (χ2n) is 12.4. The number of anilines is 2. The number of nitrogens with two attached hydrogens (primary N) is 1. The number of aromatic nitrogens is 3. The first kappa shape index (κ1) is 27.6. The van der Waals surface area contributed by atoms with Gasteiger partial charge in [-0.2, -0.15) is 9.97 Å². The maximum atomic E-state index is 16.7. The zero-order valence-corrected chi connectivity index (χ0v) is 25.2. The van der Waals surface area contributed by atoms with Gasteiger partial charge in [0.2, 0.25) is 0 Å². The number of fused-ring (bicyclic) bond motifs is 5. The van der Waals surface area contributed by atoms with Crippen LogP contribution in [0, 0.1) is 11.6 Å². The van der Waals surface area contributed by atoms with Crippen LogP contribution in [0.15, 0.2) is 18.2 Å². The third kappa shape index (κ3) is 4.35. The normalized spacial score (nSPS) is 27.6. The second kappa shape index (κ2) is 10.0. The molecule has 2 N–H and O–H groups in total. The van der Waals surface area contributed by atoms with Gasteiger partial charge in [-0.15, -0.1) is 0 Å². The standard InChI is InChI=1S/C30H31ClF3N7OS/c1-39-16-3-4-17(39)13-40(12-16)27-19-9-20(31)22(18-5-6-21(33)26-25(18)36-28(35)43-26)23(34)24(19)37-29(38-27)42-14-30-7-2-8-41(30)11-15(32)10-30/h5-6,9,15-17H,2-4,7-8,10-14H2,1H3,(H2,35,36)/t15-,16?,17?,30+/m1/s1. The van der Waals surface area contributed by atoms with Crippen molar-refractivity contribution in [1.29, 1.82) is 0 Å². The minimum Gasteiger partial charge on any atom is -0.461 e. The van der Waals surface area contributed by atoms with Crippen LogP contribution in [0.25, 0.3) is 32.2 Å². The highest BCUT2D eigenvalue weighted by atomic mass is 35.5. The molecule has 0 radical (unpaired) electrons. The number of ether oxygens (including phenoxy) is 1. The zero-order valence-electron chi connectivity index (χ0n) is 23.6. The summed E-state index contributed by atoms with van der Waals surface area (Å²) in [6.45, 7) is 2.93. The van der Waals surface area contributed by atoms with Crippen molar-refractivity contribution in [3.05, 3.63) is 34.9 Å². The van der Waals surface area contributed by atoms with Crippen molar-refractivity contribution in [2.24, 2.45) is 0 Å². The molecule has 226 valence electrons. The van der Waals surface area contributed by atoms with E-state index in [-0.39, 0.29) is 44.1 Å². The molecule has 0 aliphatic carbocycles. The highest BCUT2D eigenvalue weighted by Gasteiger charge is 2.49. The minimum atomic E-state index is -0.896. The molecule has 0 amide bonds. The van der Waals surface area contributed by atoms with Gasteiger partial charge in [0.1, 0.15) is 29.9 Å². The molecular weight excluding hydrogens is 599 g/mol. The third-order valence-corrected chi connectivity index (χ3v) is 11.2. The Morgan fingerprint density at radius 2 is 1.91 bits per heavy atom. The van der Waals surface area contributed by atoms with Gasteiger partial charge in [0.05, 0.1) is 20.8 Å². The Morgan fingerprint density at radius 3 is 2.70 bits per heavy atom. The fourth-order valence-electron chi connectivity index (χ4n) is 7.84. The van der Waals surface area contributed by atoms with Crippen molar-refractivity contribution in [3.8, 4) is 17.1 Å². The summed E-state index contributed by atoms with van der Waals surface area (Å²) in [5.41, 5.74) is 6.19. The molecule has 13 heteroatoms. The average molecular weight is 630 g/mol. The van der Waals surface area contributed by atoms with E-state index in [1.54, 1.807) is 6.07 Å². The van der Waals surface area contributed by atoms with Gasteiger partial charge < -0.3 is 15.4 Å². The molecule has 8 nitrogen and oxygen atoms in total. The lowest BCUT2D eigenvalue weighted by atomic mass is 9.95. The molecule has 4 saturated heterocycles. The van der Waals surface area contributed by atoms with E-state index in [9.17, 15) is 8.78 Å². The van der Waals surface area contributed by atoms with E-state index in [0.29, 0.717) is 41.8 Å². The molecule has 0 spiro atoms. The molecular formula is C30H31ClF3N7OS. The summed E-state index contributed by atoms with van der Waals surface area (Å²) in [6.07, 6.45) is 3.50. The summed E-state index contributed by atoms with van der Waals surface area (Å²) < 4.78 is 52.3. The van der Waals surface area contributed by atoms with E-state index < -0.39 is 23.3 Å². The fourth-order valence-corrected chi connectivity index (χ4v) is 8.90. The monoisotopic (exact) mass is 629 g/mol. The molecule has 4 aromatic rings. The quantitative estimate of drug-likeness (QED) is 0.303. The Kier molecular flexibility index (Phi) is 6.45. The lowest BCUT2D eigenvalue weighted by Gasteiger charge is -2.40. The maximum absolute atomic E-state index is 16.7. The lowest BCUT2D eigenvalue weighted by Crippen LogP contribution is -2.52. The number of thiazole rings is 1. The molecule has 2 aromatic heterocycles. The number of nitrogen functional groups attached to an aromatic ring is 1. The van der Waals surface area contributed by atoms with Crippen molar-refractivity contribution in [2.75, 3.05) is 50.5 Å². The Bertz CT molecular complexity index is 1760. The van der Waals surface area contributed by atoms with Crippen LogP contribution in [-0.2, 0) is 0 Å². The molecule has 4 aliphatic heterocycles. The summed E-state index contributed by atoms with van der Waals surface area (Å²) >= 11 is 7.81. The van der Waals surface area contributed by atoms with E-state index in [2.05, 4.69) is 31.7 Å². The molecule has 4 aliphatic rings. The van der Waals surface area contributed by atoms with Crippen LogP contribution in [0.1, 0.15) is 32.1 Å². The number of benzene rings is 2. The Hall–Kier alpha value is -2.93. The summed E-state index contributed by atoms with van der Waals surface area (Å²) in [7, 11) is 2.15. The maximum Gasteiger partial charge on any atom is 0.319 e. The number of halogens is 4. The molecule has 8 rings (SSSR count). The first-order chi connectivity index (χ1) is 20.7. The lowest BCUT2D eigenvalue weighted by molar-refractivity contribution is 0.107. The van der Waals surface area contributed by atoms with Gasteiger partial charge >= 0.3 is 6.01 Å². The number of rotatable bonds is 5. The largest absolute Gasteiger partial charge is 0.461 e. The molecule has 0 saturated carbocycles. The van der Waals surface area contributed by atoms with Crippen LogP contribution in [-0.4, -0.2) is 88.4 Å². The van der Waals surface area contributed by atoms with Gasteiger partial charge in [0.25, 0.3) is 0 Å². The van der Waals surface area contributed by atoms with Crippen molar-refractivity contribution < 1.29 is 17.9 Å². The SMILES string of the molecule is CN1C2CCC1CN(c1nc(OC[C@@]34CCCN3C[C@H](F)C4)nc3c(F)c(-c4ccc(F)c5sc(N)nc45)c(Cl)cc13)C2. The van der Waals surface area contributed by atoms with Crippen molar-refractivity contribution in [3.63, 3.8) is 0 Å². The number of alkyl halides is 1. The number of likely N-dealkylation sites (N-methyl/N-ethyl adjacent to an activating group) is 1. The van der Waals surface area contributed by atoms with Gasteiger partial charge in [-0.3, -0.25) is 9.80 Å². The van der Waals surface area contributed by atoms with E-state index in [0.717, 1.165) is 56.7 Å². The molecule has 43 heavy (non-hydrogen) atoms. The Labute approximate surface area is 255 Å². The molecule has 2 unspecified atom stereocenters. The van der Waals surface area contributed by atoms with Gasteiger partial charge in [0, 0.05) is 54.7 Å². The van der Waals surface area contributed by atoms with Gasteiger partial charge in [-0.05, 0) is 57.5 Å². The Balaban J connectivity index is 1.27. The molecule has 4 fully saturated rings. The van der Waals surface area contributed by atoms with Crippen LogP contribution < -0.4 is 15.4 Å². The van der Waals surface area contributed by atoms with Crippen LogP contribution in [0.5, 0.6) is 6.01 Å². The molecule has 6 heterocycles. The van der Waals surface area contributed by atoms with Crippen LogP contribution >= 0.6 is 22.9 Å². The van der Waals surface area contributed by atoms with Crippen LogP contribution in [0.3, 0.4) is 0 Å². The average Bonchev–Trinajstić information content (AvgIpc) is 3.67. The predicted octanol–water partition coefficient (Wildman–Crippen LogP) is 5.66. The van der Waals surface area contributed by atoms with Crippen LogP contribution in [0.4, 0.5) is 24.1 Å². The summed E-state index contributed by atoms with van der Waals surface area (Å²) in [5.74, 6) is -0.592. The van der Waals surface area contributed by atoms with E-state index >= 15 is 4.39 Å². The van der Waals surface area contributed by atoms with Crippen molar-refractivity contribution in [2.45, 2.75) is 55.9 Å². The highest BCUT2D eigenvalue weighted by molar-refractivity contribution is 7.22. The van der Waals surface area contributed by atoms with Gasteiger partial charge in [-0.1, -0.05) is 22.9 Å². The first-order valence-electron chi connectivity index (χ1n) is 14.7. The second-order valence-corrected chi connectivity index (χ2v) is 13.9. The number of hydrogen-bond donors (Lipinski definition) is 1. The fraction of sp³-hybridized carbons (Fsp3) is 0.500. The van der Waals surface area contributed by atoms with E-state index in [1.807, 2.05) is 0 Å². The van der Waals surface area contributed by atoms with E-state index in [1.165, 1.54) is 12.1 Å². The first-order valence-corrected chi connectivity index (χ1v) is 15.9.